The number of nitrogens with zero attached hydrogens (tertiary/aromatic N) is 2. The summed E-state index contributed by atoms with van der Waals surface area (Å²) in [6, 6.07) is 17.6. The van der Waals surface area contributed by atoms with E-state index in [2.05, 4.69) is 9.80 Å². The molecule has 152 valence electrons. The van der Waals surface area contributed by atoms with E-state index < -0.39 is 0 Å². The lowest BCUT2D eigenvalue weighted by atomic mass is 10.0. The van der Waals surface area contributed by atoms with Crippen LogP contribution in [0.4, 0.5) is 0 Å². The molecule has 4 heteroatoms. The molecule has 2 aromatic rings. The van der Waals surface area contributed by atoms with Crippen LogP contribution in [0.15, 0.2) is 54.6 Å². The Hall–Kier alpha value is -2.46. The van der Waals surface area contributed by atoms with Crippen LogP contribution in [0.3, 0.4) is 0 Å². The van der Waals surface area contributed by atoms with Crippen LogP contribution in [-0.4, -0.2) is 53.7 Å². The maximum absolute atomic E-state index is 13.0. The highest BCUT2D eigenvalue weighted by molar-refractivity contribution is 5.96. The lowest BCUT2D eigenvalue weighted by Gasteiger charge is -2.28. The van der Waals surface area contributed by atoms with E-state index in [1.165, 1.54) is 25.9 Å². The minimum absolute atomic E-state index is 0.151. The number of benzene rings is 2. The Morgan fingerprint density at radius 2 is 1.55 bits per heavy atom. The van der Waals surface area contributed by atoms with Crippen molar-refractivity contribution in [1.82, 2.24) is 9.80 Å². The van der Waals surface area contributed by atoms with Gasteiger partial charge in [0.1, 0.15) is 0 Å². The van der Waals surface area contributed by atoms with Crippen LogP contribution in [0.2, 0.25) is 0 Å². The molecule has 1 amide bonds. The maximum Gasteiger partial charge on any atom is 0.254 e. The summed E-state index contributed by atoms with van der Waals surface area (Å²) in [5.74, 6) is 0.311. The predicted octanol–water partition coefficient (Wildman–Crippen LogP) is 4.20. The highest BCUT2D eigenvalue weighted by Gasteiger charge is 2.31. The Morgan fingerprint density at radius 1 is 0.828 bits per heavy atom. The average Bonchev–Trinajstić information content (AvgIpc) is 3.45. The van der Waals surface area contributed by atoms with Crippen molar-refractivity contribution < 1.29 is 9.59 Å². The molecule has 4 rings (SSSR count). The third kappa shape index (κ3) is 4.94. The molecule has 0 bridgehead atoms. The van der Waals surface area contributed by atoms with Crippen LogP contribution in [-0.2, 0) is 6.42 Å². The monoisotopic (exact) mass is 390 g/mol. The SMILES string of the molecule is O=C(CCc1ccc(C(=O)N2CCCC2CN2CCCC2)cc1)c1ccccc1. The van der Waals surface area contributed by atoms with Gasteiger partial charge >= 0.3 is 0 Å². The standard InChI is InChI=1S/C25H30N2O2/c28-24(21-7-2-1-3-8-21)15-12-20-10-13-22(14-11-20)25(29)27-18-6-9-23(27)19-26-16-4-5-17-26/h1-3,7-8,10-11,13-14,23H,4-6,9,12,15-19H2. The first-order chi connectivity index (χ1) is 14.2. The van der Waals surface area contributed by atoms with E-state index in [1.807, 2.05) is 54.6 Å². The largest absolute Gasteiger partial charge is 0.334 e. The Morgan fingerprint density at radius 3 is 2.28 bits per heavy atom. The summed E-state index contributed by atoms with van der Waals surface area (Å²) in [5, 5.41) is 0. The number of ketones is 1. The molecular weight excluding hydrogens is 360 g/mol. The topological polar surface area (TPSA) is 40.6 Å². The van der Waals surface area contributed by atoms with Gasteiger partial charge in [-0.05, 0) is 62.9 Å². The van der Waals surface area contributed by atoms with Gasteiger partial charge in [0.15, 0.2) is 5.78 Å². The molecule has 29 heavy (non-hydrogen) atoms. The highest BCUT2D eigenvalue weighted by atomic mass is 16.2. The van der Waals surface area contributed by atoms with E-state index in [9.17, 15) is 9.59 Å². The van der Waals surface area contributed by atoms with E-state index in [4.69, 9.17) is 0 Å². The van der Waals surface area contributed by atoms with Crippen LogP contribution in [0.25, 0.3) is 0 Å². The molecule has 0 saturated carbocycles. The van der Waals surface area contributed by atoms with Crippen molar-refractivity contribution in [1.29, 1.82) is 0 Å². The molecule has 2 heterocycles. The second-order valence-corrected chi connectivity index (χ2v) is 8.29. The third-order valence-electron chi connectivity index (χ3n) is 6.24. The van der Waals surface area contributed by atoms with Crippen molar-refractivity contribution in [2.45, 2.75) is 44.6 Å². The molecule has 0 aromatic heterocycles. The van der Waals surface area contributed by atoms with Crippen molar-refractivity contribution in [3.63, 3.8) is 0 Å². The first kappa shape index (κ1) is 19.8. The van der Waals surface area contributed by atoms with Gasteiger partial charge in [-0.3, -0.25) is 9.59 Å². The van der Waals surface area contributed by atoms with Gasteiger partial charge in [-0.2, -0.15) is 0 Å². The molecule has 2 aliphatic heterocycles. The number of Topliss-reactive ketones (excluding diaryl/α,β-unsaturated/α-hetero) is 1. The van der Waals surface area contributed by atoms with Crippen LogP contribution in [0.5, 0.6) is 0 Å². The Kier molecular flexibility index (Phi) is 6.40. The van der Waals surface area contributed by atoms with Crippen molar-refractivity contribution in [3.05, 3.63) is 71.3 Å². The number of rotatable bonds is 7. The van der Waals surface area contributed by atoms with Gasteiger partial charge in [0, 0.05) is 36.7 Å². The number of carbonyl (C=O) groups is 2. The molecule has 0 N–H and O–H groups in total. The fourth-order valence-electron chi connectivity index (χ4n) is 4.56. The summed E-state index contributed by atoms with van der Waals surface area (Å²) in [4.78, 5) is 29.9. The summed E-state index contributed by atoms with van der Waals surface area (Å²) < 4.78 is 0. The molecule has 2 saturated heterocycles. The number of amides is 1. The van der Waals surface area contributed by atoms with E-state index in [0.29, 0.717) is 18.9 Å². The number of hydrogen-bond acceptors (Lipinski definition) is 3. The van der Waals surface area contributed by atoms with Crippen LogP contribution in [0.1, 0.15) is 58.4 Å². The second kappa shape index (κ2) is 9.36. The summed E-state index contributed by atoms with van der Waals surface area (Å²) >= 11 is 0. The normalized spacial score (nSPS) is 19.6. The molecule has 0 aliphatic carbocycles. The van der Waals surface area contributed by atoms with Crippen molar-refractivity contribution in [2.24, 2.45) is 0 Å². The van der Waals surface area contributed by atoms with Gasteiger partial charge in [0.05, 0.1) is 0 Å². The van der Waals surface area contributed by atoms with Gasteiger partial charge in [0.2, 0.25) is 0 Å². The predicted molar refractivity (Wildman–Crippen MR) is 115 cm³/mol. The van der Waals surface area contributed by atoms with Gasteiger partial charge in [0.25, 0.3) is 5.91 Å². The number of likely N-dealkylation sites (tertiary alicyclic amines) is 2. The van der Waals surface area contributed by atoms with E-state index >= 15 is 0 Å². The first-order valence-corrected chi connectivity index (χ1v) is 10.9. The number of hydrogen-bond donors (Lipinski definition) is 0. The van der Waals surface area contributed by atoms with Crippen molar-refractivity contribution in [2.75, 3.05) is 26.2 Å². The zero-order chi connectivity index (χ0) is 20.1. The number of aryl methyl sites for hydroxylation is 1. The minimum Gasteiger partial charge on any atom is -0.334 e. The van der Waals surface area contributed by atoms with E-state index in [1.54, 1.807) is 0 Å². The van der Waals surface area contributed by atoms with Gasteiger partial charge < -0.3 is 9.80 Å². The average molecular weight is 391 g/mol. The fraction of sp³-hybridized carbons (Fsp3) is 0.440. The van der Waals surface area contributed by atoms with E-state index in [-0.39, 0.29) is 11.7 Å². The number of carbonyl (C=O) groups excluding carboxylic acids is 2. The summed E-state index contributed by atoms with van der Waals surface area (Å²) in [7, 11) is 0. The molecule has 0 spiro atoms. The molecule has 0 radical (unpaired) electrons. The van der Waals surface area contributed by atoms with Crippen LogP contribution in [0, 0.1) is 0 Å². The smallest absolute Gasteiger partial charge is 0.254 e. The Labute approximate surface area is 173 Å². The van der Waals surface area contributed by atoms with Crippen LogP contribution < -0.4 is 0 Å². The Bertz CT molecular complexity index is 826. The Balaban J connectivity index is 1.33. The van der Waals surface area contributed by atoms with Gasteiger partial charge in [-0.15, -0.1) is 0 Å². The summed E-state index contributed by atoms with van der Waals surface area (Å²) in [6.07, 6.45) is 5.97. The summed E-state index contributed by atoms with van der Waals surface area (Å²) in [6.45, 7) is 4.24. The molecular formula is C25H30N2O2. The maximum atomic E-state index is 13.0. The second-order valence-electron chi connectivity index (χ2n) is 8.29. The fourth-order valence-corrected chi connectivity index (χ4v) is 4.56. The van der Waals surface area contributed by atoms with Crippen molar-refractivity contribution in [3.8, 4) is 0 Å². The molecule has 4 nitrogen and oxygen atoms in total. The lowest BCUT2D eigenvalue weighted by Crippen LogP contribution is -2.42. The quantitative estimate of drug-likeness (QED) is 0.665. The van der Waals surface area contributed by atoms with Gasteiger partial charge in [-0.25, -0.2) is 0 Å². The molecule has 1 unspecified atom stereocenters. The first-order valence-electron chi connectivity index (χ1n) is 10.9. The molecule has 2 aliphatic rings. The van der Waals surface area contributed by atoms with Gasteiger partial charge in [-0.1, -0.05) is 42.5 Å². The third-order valence-corrected chi connectivity index (χ3v) is 6.24. The lowest BCUT2D eigenvalue weighted by molar-refractivity contribution is 0.0708. The van der Waals surface area contributed by atoms with Crippen LogP contribution >= 0.6 is 0 Å². The zero-order valence-electron chi connectivity index (χ0n) is 17.1. The van der Waals surface area contributed by atoms with Crippen molar-refractivity contribution >= 4 is 11.7 Å². The van der Waals surface area contributed by atoms with E-state index in [0.717, 1.165) is 42.6 Å². The molecule has 2 aromatic carbocycles. The highest BCUT2D eigenvalue weighted by Crippen LogP contribution is 2.23. The molecule has 2 fully saturated rings. The zero-order valence-corrected chi connectivity index (χ0v) is 17.1. The molecule has 1 atom stereocenters. The summed E-state index contributed by atoms with van der Waals surface area (Å²) in [5.41, 5.74) is 2.62. The minimum atomic E-state index is 0.151.